The summed E-state index contributed by atoms with van der Waals surface area (Å²) in [5, 5.41) is 6.85. The van der Waals surface area contributed by atoms with Gasteiger partial charge in [-0.1, -0.05) is 0 Å². The fourth-order valence-corrected chi connectivity index (χ4v) is 4.51. The minimum Gasteiger partial charge on any atom is -0.381 e. The van der Waals surface area contributed by atoms with Gasteiger partial charge in [-0.15, -0.1) is 0 Å². The summed E-state index contributed by atoms with van der Waals surface area (Å²) in [4.78, 5) is 28.6. The van der Waals surface area contributed by atoms with E-state index in [-0.39, 0.29) is 54.7 Å². The van der Waals surface area contributed by atoms with Crippen LogP contribution in [0.25, 0.3) is 11.0 Å². The van der Waals surface area contributed by atoms with Gasteiger partial charge < -0.3 is 20.4 Å². The Labute approximate surface area is 193 Å². The first-order valence-corrected chi connectivity index (χ1v) is 11.4. The summed E-state index contributed by atoms with van der Waals surface area (Å²) in [6, 6.07) is 2.79. The van der Waals surface area contributed by atoms with E-state index in [1.54, 1.807) is 0 Å². The average Bonchev–Trinajstić information content (AvgIpc) is 3.26. The lowest BCUT2D eigenvalue weighted by atomic mass is 9.92. The Morgan fingerprint density at radius 1 is 1.03 bits per heavy atom. The van der Waals surface area contributed by atoms with Crippen molar-refractivity contribution in [2.75, 3.05) is 23.8 Å². The molecule has 11 heteroatoms. The molecule has 1 aliphatic carbocycles. The summed E-state index contributed by atoms with van der Waals surface area (Å²) >= 11 is 0. The maximum absolute atomic E-state index is 14.9. The van der Waals surface area contributed by atoms with Crippen LogP contribution in [0.15, 0.2) is 24.7 Å². The number of pyridine rings is 1. The molecule has 2 fully saturated rings. The van der Waals surface area contributed by atoms with Crippen LogP contribution in [0.3, 0.4) is 0 Å². The number of hydrogen-bond acceptors (Lipinski definition) is 7. The van der Waals surface area contributed by atoms with Gasteiger partial charge in [0.2, 0.25) is 11.9 Å². The normalized spacial score (nSPS) is 19.3. The van der Waals surface area contributed by atoms with Crippen LogP contribution in [-0.2, 0) is 4.74 Å². The molecule has 8 nitrogen and oxygen atoms in total. The highest BCUT2D eigenvalue weighted by Gasteiger charge is 2.35. The average molecular weight is 474 g/mol. The van der Waals surface area contributed by atoms with Crippen molar-refractivity contribution in [1.82, 2.24) is 19.9 Å². The van der Waals surface area contributed by atoms with E-state index in [1.807, 2.05) is 0 Å². The van der Waals surface area contributed by atoms with E-state index >= 15 is 0 Å². The van der Waals surface area contributed by atoms with E-state index in [1.165, 1.54) is 24.7 Å². The third kappa shape index (κ3) is 4.70. The number of H-pyrrole nitrogens is 1. The highest BCUT2D eigenvalue weighted by Crippen LogP contribution is 2.34. The molecule has 5 rings (SSSR count). The smallest absolute Gasteiger partial charge is 0.248 e. The number of nitrogens with zero attached hydrogens (tertiary/aromatic N) is 3. The Balaban J connectivity index is 1.36. The molecule has 1 saturated carbocycles. The van der Waals surface area contributed by atoms with Crippen molar-refractivity contribution in [3.63, 3.8) is 0 Å². The van der Waals surface area contributed by atoms with Crippen molar-refractivity contribution in [3.05, 3.63) is 41.7 Å². The molecule has 3 N–H and O–H groups in total. The maximum Gasteiger partial charge on any atom is 0.248 e. The standard InChI is InChI=1S/C23H25F3N6O2/c24-20-15(1-2-17(32-20)30-13-3-7-23(25,26)8-4-13)19(33)16-11-27-21-18(16)22(29-12-28-21)31-14-5-9-34-10-6-14/h1-2,11-14H,3-10H2,(H,30,32)(H2,27,28,29,31). The molecule has 0 unspecified atom stereocenters. The quantitative estimate of drug-likeness (QED) is 0.361. The molecule has 0 aromatic carbocycles. The number of carbonyl (C=O) groups excluding carboxylic acids is 1. The summed E-state index contributed by atoms with van der Waals surface area (Å²) in [5.74, 6) is -3.41. The number of ether oxygens (including phenoxy) is 1. The van der Waals surface area contributed by atoms with Gasteiger partial charge in [-0.05, 0) is 37.8 Å². The third-order valence-corrected chi connectivity index (χ3v) is 6.44. The number of anilines is 2. The van der Waals surface area contributed by atoms with Crippen molar-refractivity contribution < 1.29 is 22.7 Å². The fourth-order valence-electron chi connectivity index (χ4n) is 4.51. The number of rotatable bonds is 6. The van der Waals surface area contributed by atoms with E-state index in [2.05, 4.69) is 30.6 Å². The van der Waals surface area contributed by atoms with Crippen LogP contribution in [0.5, 0.6) is 0 Å². The van der Waals surface area contributed by atoms with Crippen molar-refractivity contribution in [1.29, 1.82) is 0 Å². The van der Waals surface area contributed by atoms with Crippen molar-refractivity contribution in [3.8, 4) is 0 Å². The summed E-state index contributed by atoms with van der Waals surface area (Å²) in [5.41, 5.74) is 0.511. The first kappa shape index (κ1) is 22.6. The van der Waals surface area contributed by atoms with Crippen LogP contribution in [0.1, 0.15) is 54.4 Å². The molecule has 34 heavy (non-hydrogen) atoms. The SMILES string of the molecule is O=C(c1ccc(NC2CCC(F)(F)CC2)nc1F)c1c[nH]c2ncnc(NC3CCOCC3)c12. The Morgan fingerprint density at radius 2 is 1.76 bits per heavy atom. The van der Waals surface area contributed by atoms with Gasteiger partial charge in [0.25, 0.3) is 0 Å². The number of nitrogens with one attached hydrogen (secondary N) is 3. The number of aromatic amines is 1. The lowest BCUT2D eigenvalue weighted by molar-refractivity contribution is -0.0361. The minimum atomic E-state index is -2.64. The van der Waals surface area contributed by atoms with E-state index in [9.17, 15) is 18.0 Å². The predicted molar refractivity (Wildman–Crippen MR) is 120 cm³/mol. The first-order chi connectivity index (χ1) is 16.4. The molecule has 0 amide bonds. The minimum absolute atomic E-state index is 0.146. The summed E-state index contributed by atoms with van der Waals surface area (Å²) in [6.45, 7) is 1.29. The second-order valence-electron chi connectivity index (χ2n) is 8.82. The molecular weight excluding hydrogens is 449 g/mol. The highest BCUT2D eigenvalue weighted by atomic mass is 19.3. The van der Waals surface area contributed by atoms with E-state index in [0.29, 0.717) is 30.1 Å². The van der Waals surface area contributed by atoms with Gasteiger partial charge in [-0.3, -0.25) is 4.79 Å². The number of hydrogen-bond donors (Lipinski definition) is 3. The van der Waals surface area contributed by atoms with Crippen LogP contribution in [0.2, 0.25) is 0 Å². The molecule has 0 atom stereocenters. The number of alkyl halides is 2. The van der Waals surface area contributed by atoms with Crippen LogP contribution in [0.4, 0.5) is 24.8 Å². The topological polar surface area (TPSA) is 105 Å². The Morgan fingerprint density at radius 3 is 2.50 bits per heavy atom. The van der Waals surface area contributed by atoms with Crippen LogP contribution >= 0.6 is 0 Å². The molecule has 0 radical (unpaired) electrons. The molecule has 2 aliphatic rings. The summed E-state index contributed by atoms with van der Waals surface area (Å²) in [6.07, 6.45) is 4.64. The zero-order valence-corrected chi connectivity index (χ0v) is 18.4. The molecular formula is C23H25F3N6O2. The van der Waals surface area contributed by atoms with E-state index in [0.717, 1.165) is 12.8 Å². The number of aromatic nitrogens is 4. The summed E-state index contributed by atoms with van der Waals surface area (Å²) in [7, 11) is 0. The number of fused-ring (bicyclic) bond motifs is 1. The zero-order chi connectivity index (χ0) is 23.7. The molecule has 3 aromatic rings. The third-order valence-electron chi connectivity index (χ3n) is 6.44. The van der Waals surface area contributed by atoms with Crippen molar-refractivity contribution in [2.45, 2.75) is 56.5 Å². The van der Waals surface area contributed by atoms with Gasteiger partial charge >= 0.3 is 0 Å². The Bertz CT molecular complexity index is 1180. The summed E-state index contributed by atoms with van der Waals surface area (Å²) < 4.78 is 47.0. The Kier molecular flexibility index (Phi) is 6.11. The van der Waals surface area contributed by atoms with Crippen LogP contribution in [-0.4, -0.2) is 56.9 Å². The number of carbonyl (C=O) groups is 1. The molecule has 1 saturated heterocycles. The monoisotopic (exact) mass is 474 g/mol. The first-order valence-electron chi connectivity index (χ1n) is 11.4. The lowest BCUT2D eigenvalue weighted by Gasteiger charge is -2.29. The number of ketones is 1. The van der Waals surface area contributed by atoms with Gasteiger partial charge in [-0.25, -0.2) is 23.7 Å². The second kappa shape index (κ2) is 9.21. The van der Waals surface area contributed by atoms with Gasteiger partial charge in [-0.2, -0.15) is 4.39 Å². The molecule has 3 aromatic heterocycles. The zero-order valence-electron chi connectivity index (χ0n) is 18.4. The highest BCUT2D eigenvalue weighted by molar-refractivity contribution is 6.18. The predicted octanol–water partition coefficient (Wildman–Crippen LogP) is 4.30. The lowest BCUT2D eigenvalue weighted by Crippen LogP contribution is -2.32. The molecule has 4 heterocycles. The molecule has 1 aliphatic heterocycles. The number of halogens is 3. The van der Waals surface area contributed by atoms with Gasteiger partial charge in [0.05, 0.1) is 16.5 Å². The van der Waals surface area contributed by atoms with Crippen molar-refractivity contribution >= 4 is 28.5 Å². The van der Waals surface area contributed by atoms with Gasteiger partial charge in [0.1, 0.15) is 23.6 Å². The molecule has 180 valence electrons. The fraction of sp³-hybridized carbons (Fsp3) is 0.478. The molecule has 0 bridgehead atoms. The van der Waals surface area contributed by atoms with E-state index < -0.39 is 17.7 Å². The maximum atomic E-state index is 14.9. The van der Waals surface area contributed by atoms with Crippen LogP contribution < -0.4 is 10.6 Å². The van der Waals surface area contributed by atoms with Gasteiger partial charge in [0, 0.05) is 44.3 Å². The van der Waals surface area contributed by atoms with Crippen molar-refractivity contribution in [2.24, 2.45) is 0 Å². The van der Waals surface area contributed by atoms with Crippen LogP contribution in [0, 0.1) is 5.95 Å². The second-order valence-corrected chi connectivity index (χ2v) is 8.82. The van der Waals surface area contributed by atoms with Gasteiger partial charge in [0.15, 0.2) is 5.78 Å². The largest absolute Gasteiger partial charge is 0.381 e. The molecule has 0 spiro atoms. The van der Waals surface area contributed by atoms with E-state index in [4.69, 9.17) is 4.74 Å². The Hall–Kier alpha value is -3.21.